The molecule has 2 aromatic carbocycles. The summed E-state index contributed by atoms with van der Waals surface area (Å²) in [5.74, 6) is 0.291. The van der Waals surface area contributed by atoms with Crippen LogP contribution < -0.4 is 15.5 Å². The molecule has 0 spiro atoms. The fraction of sp³-hybridized carbons (Fsp3) is 0.348. The average molecular weight is 430 g/mol. The molecule has 2 N–H and O–H groups in total. The highest BCUT2D eigenvalue weighted by molar-refractivity contribution is 6.33. The molecule has 2 amide bonds. The van der Waals surface area contributed by atoms with Crippen LogP contribution in [0.25, 0.3) is 0 Å². The van der Waals surface area contributed by atoms with Crippen LogP contribution in [0, 0.1) is 11.8 Å². The molecule has 0 aliphatic heterocycles. The second kappa shape index (κ2) is 11.4. The third-order valence-corrected chi connectivity index (χ3v) is 4.54. The third-order valence-electron chi connectivity index (χ3n) is 4.21. The highest BCUT2D eigenvalue weighted by Crippen LogP contribution is 2.16. The van der Waals surface area contributed by atoms with Gasteiger partial charge in [0.05, 0.1) is 23.4 Å². The normalized spacial score (nSPS) is 12.2. The van der Waals surface area contributed by atoms with E-state index in [1.807, 2.05) is 38.1 Å². The number of carbonyl (C=O) groups is 2. The van der Waals surface area contributed by atoms with Gasteiger partial charge in [-0.15, -0.1) is 0 Å². The Morgan fingerprint density at radius 2 is 1.73 bits per heavy atom. The Bertz CT molecular complexity index is 880. The molecule has 6 nitrogen and oxygen atoms in total. The molecule has 0 saturated carbocycles. The molecule has 1 unspecified atom stereocenters. The van der Waals surface area contributed by atoms with Crippen LogP contribution in [-0.4, -0.2) is 30.7 Å². The largest absolute Gasteiger partial charge is 0.493 e. The number of rotatable bonds is 9. The van der Waals surface area contributed by atoms with Gasteiger partial charge in [0.1, 0.15) is 11.8 Å². The van der Waals surface area contributed by atoms with Crippen LogP contribution in [0.15, 0.2) is 53.6 Å². The number of halogens is 1. The minimum atomic E-state index is -0.752. The molecule has 0 fully saturated rings. The number of nitrogens with one attached hydrogen (secondary N) is 2. The van der Waals surface area contributed by atoms with Crippen LogP contribution in [0.2, 0.25) is 5.02 Å². The van der Waals surface area contributed by atoms with Crippen molar-refractivity contribution in [2.24, 2.45) is 16.9 Å². The summed E-state index contributed by atoms with van der Waals surface area (Å²) in [7, 11) is 0. The summed E-state index contributed by atoms with van der Waals surface area (Å²) >= 11 is 6.07. The number of amides is 2. The maximum atomic E-state index is 12.5. The van der Waals surface area contributed by atoms with E-state index in [0.717, 1.165) is 11.3 Å². The van der Waals surface area contributed by atoms with Crippen LogP contribution in [0.3, 0.4) is 0 Å². The van der Waals surface area contributed by atoms with E-state index in [-0.39, 0.29) is 5.92 Å². The number of hydrogen-bond donors (Lipinski definition) is 2. The van der Waals surface area contributed by atoms with Crippen LogP contribution in [0.5, 0.6) is 5.75 Å². The fourth-order valence-electron chi connectivity index (χ4n) is 2.55. The van der Waals surface area contributed by atoms with Gasteiger partial charge in [0.15, 0.2) is 0 Å². The maximum absolute atomic E-state index is 12.5. The molecule has 0 bridgehead atoms. The van der Waals surface area contributed by atoms with E-state index in [4.69, 9.17) is 16.3 Å². The average Bonchev–Trinajstić information content (AvgIpc) is 2.71. The Hall–Kier alpha value is -2.86. The Kier molecular flexibility index (Phi) is 8.87. The number of benzene rings is 2. The number of carbonyl (C=O) groups excluding carboxylic acids is 2. The van der Waals surface area contributed by atoms with Crippen molar-refractivity contribution in [2.45, 2.75) is 33.7 Å². The van der Waals surface area contributed by atoms with Gasteiger partial charge < -0.3 is 10.1 Å². The van der Waals surface area contributed by atoms with Gasteiger partial charge in [-0.2, -0.15) is 5.10 Å². The zero-order chi connectivity index (χ0) is 22.1. The second-order valence-electron chi connectivity index (χ2n) is 7.68. The van der Waals surface area contributed by atoms with Gasteiger partial charge in [0.25, 0.3) is 11.8 Å². The second-order valence-corrected chi connectivity index (χ2v) is 8.09. The number of hydrogen-bond acceptors (Lipinski definition) is 4. The summed E-state index contributed by atoms with van der Waals surface area (Å²) in [5.41, 5.74) is 3.62. The van der Waals surface area contributed by atoms with Crippen molar-refractivity contribution in [2.75, 3.05) is 6.61 Å². The Labute approximate surface area is 182 Å². The fourth-order valence-corrected chi connectivity index (χ4v) is 2.77. The van der Waals surface area contributed by atoms with Crippen molar-refractivity contribution in [3.8, 4) is 5.75 Å². The maximum Gasteiger partial charge on any atom is 0.262 e. The van der Waals surface area contributed by atoms with Crippen molar-refractivity contribution < 1.29 is 14.3 Å². The molecule has 2 aromatic rings. The summed E-state index contributed by atoms with van der Waals surface area (Å²) in [4.78, 5) is 25.0. The minimum Gasteiger partial charge on any atom is -0.493 e. The first-order valence-corrected chi connectivity index (χ1v) is 10.3. The first-order chi connectivity index (χ1) is 14.3. The van der Waals surface area contributed by atoms with Crippen molar-refractivity contribution in [3.05, 3.63) is 64.7 Å². The SMILES string of the molecule is CC(C)COc1ccc(/C=N\NC(=O)C(NC(=O)c2ccccc2Cl)C(C)C)cc1. The van der Waals surface area contributed by atoms with Crippen LogP contribution in [0.1, 0.15) is 43.6 Å². The smallest absolute Gasteiger partial charge is 0.262 e. The van der Waals surface area contributed by atoms with E-state index in [1.165, 1.54) is 6.21 Å². The minimum absolute atomic E-state index is 0.135. The van der Waals surface area contributed by atoms with E-state index < -0.39 is 17.9 Å². The molecule has 7 heteroatoms. The molecule has 0 aliphatic rings. The molecular formula is C23H28ClN3O3. The van der Waals surface area contributed by atoms with Crippen LogP contribution in [-0.2, 0) is 4.79 Å². The zero-order valence-electron chi connectivity index (χ0n) is 17.7. The van der Waals surface area contributed by atoms with Gasteiger partial charge >= 0.3 is 0 Å². The number of hydrazone groups is 1. The molecule has 1 atom stereocenters. The predicted octanol–water partition coefficient (Wildman–Crippen LogP) is 4.28. The Morgan fingerprint density at radius 1 is 1.07 bits per heavy atom. The van der Waals surface area contributed by atoms with E-state index in [0.29, 0.717) is 23.1 Å². The van der Waals surface area contributed by atoms with Gasteiger partial charge in [-0.1, -0.05) is 51.4 Å². The Morgan fingerprint density at radius 3 is 2.33 bits per heavy atom. The summed E-state index contributed by atoms with van der Waals surface area (Å²) in [6.45, 7) is 8.52. The monoisotopic (exact) mass is 429 g/mol. The van der Waals surface area contributed by atoms with Gasteiger partial charge in [0.2, 0.25) is 0 Å². The lowest BCUT2D eigenvalue weighted by molar-refractivity contribution is -0.123. The number of nitrogens with zero attached hydrogens (tertiary/aromatic N) is 1. The molecule has 0 aromatic heterocycles. The molecule has 30 heavy (non-hydrogen) atoms. The van der Waals surface area contributed by atoms with Crippen molar-refractivity contribution in [1.29, 1.82) is 0 Å². The highest BCUT2D eigenvalue weighted by Gasteiger charge is 2.25. The summed E-state index contributed by atoms with van der Waals surface area (Å²) in [5, 5.41) is 7.06. The molecule has 0 radical (unpaired) electrons. The van der Waals surface area contributed by atoms with Crippen molar-refractivity contribution >= 4 is 29.6 Å². The molecule has 2 rings (SSSR count). The van der Waals surface area contributed by atoms with E-state index >= 15 is 0 Å². The summed E-state index contributed by atoms with van der Waals surface area (Å²) in [6, 6.07) is 13.4. The molecule has 0 aliphatic carbocycles. The van der Waals surface area contributed by atoms with Gasteiger partial charge in [-0.05, 0) is 53.8 Å². The molecular weight excluding hydrogens is 402 g/mol. The lowest BCUT2D eigenvalue weighted by atomic mass is 10.0. The van der Waals surface area contributed by atoms with Crippen LogP contribution >= 0.6 is 11.6 Å². The summed E-state index contributed by atoms with van der Waals surface area (Å²) in [6.07, 6.45) is 1.54. The molecule has 0 heterocycles. The van der Waals surface area contributed by atoms with E-state index in [1.54, 1.807) is 24.3 Å². The van der Waals surface area contributed by atoms with Gasteiger partial charge in [-0.25, -0.2) is 5.43 Å². The van der Waals surface area contributed by atoms with Crippen molar-refractivity contribution in [1.82, 2.24) is 10.7 Å². The lowest BCUT2D eigenvalue weighted by Crippen LogP contribution is -2.48. The quantitative estimate of drug-likeness (QED) is 0.461. The molecule has 160 valence electrons. The standard InChI is InChI=1S/C23H28ClN3O3/c1-15(2)14-30-18-11-9-17(10-12-18)13-25-27-23(29)21(16(3)4)26-22(28)19-7-5-6-8-20(19)24/h5-13,15-16,21H,14H2,1-4H3,(H,26,28)(H,27,29)/b25-13-. The Balaban J connectivity index is 1.95. The first-order valence-electron chi connectivity index (χ1n) is 9.89. The van der Waals surface area contributed by atoms with Gasteiger partial charge in [-0.3, -0.25) is 9.59 Å². The number of ether oxygens (including phenoxy) is 1. The van der Waals surface area contributed by atoms with Crippen LogP contribution in [0.4, 0.5) is 0 Å². The highest BCUT2D eigenvalue weighted by atomic mass is 35.5. The third kappa shape index (κ3) is 7.19. The summed E-state index contributed by atoms with van der Waals surface area (Å²) < 4.78 is 5.64. The van der Waals surface area contributed by atoms with E-state index in [2.05, 4.69) is 29.7 Å². The van der Waals surface area contributed by atoms with Gasteiger partial charge in [0, 0.05) is 0 Å². The van der Waals surface area contributed by atoms with E-state index in [9.17, 15) is 9.59 Å². The lowest BCUT2D eigenvalue weighted by Gasteiger charge is -2.20. The molecule has 0 saturated heterocycles. The topological polar surface area (TPSA) is 79.8 Å². The predicted molar refractivity (Wildman–Crippen MR) is 120 cm³/mol. The van der Waals surface area contributed by atoms with Crippen molar-refractivity contribution in [3.63, 3.8) is 0 Å². The zero-order valence-corrected chi connectivity index (χ0v) is 18.4. The first kappa shape index (κ1) is 23.4.